The van der Waals surface area contributed by atoms with Crippen LogP contribution >= 0.6 is 15.9 Å². The lowest BCUT2D eigenvalue weighted by Gasteiger charge is -2.21. The highest BCUT2D eigenvalue weighted by atomic mass is 79.9. The highest BCUT2D eigenvalue weighted by Gasteiger charge is 2.34. The van der Waals surface area contributed by atoms with E-state index in [0.29, 0.717) is 19.4 Å². The Balaban J connectivity index is 2.28. The van der Waals surface area contributed by atoms with Gasteiger partial charge in [0.15, 0.2) is 0 Å². The van der Waals surface area contributed by atoms with Gasteiger partial charge in [-0.15, -0.1) is 0 Å². The van der Waals surface area contributed by atoms with Gasteiger partial charge < -0.3 is 15.0 Å². The molecule has 1 aromatic heterocycles. The van der Waals surface area contributed by atoms with Crippen LogP contribution in [0.15, 0.2) is 21.5 Å². The van der Waals surface area contributed by atoms with Crippen LogP contribution in [0.4, 0.5) is 0 Å². The maximum Gasteiger partial charge on any atom is 0.326 e. The Hall–Kier alpha value is -1.63. The van der Waals surface area contributed by atoms with E-state index in [1.807, 2.05) is 0 Å². The molecule has 1 saturated heterocycles. The lowest BCUT2D eigenvalue weighted by atomic mass is 10.2. The second-order valence-corrected chi connectivity index (χ2v) is 4.91. The minimum Gasteiger partial charge on any atom is -0.480 e. The predicted molar refractivity (Wildman–Crippen MR) is 66.5 cm³/mol. The zero-order valence-corrected chi connectivity index (χ0v) is 10.9. The molecule has 0 spiro atoms. The molecule has 96 valence electrons. The van der Waals surface area contributed by atoms with Crippen LogP contribution in [0.25, 0.3) is 0 Å². The summed E-state index contributed by atoms with van der Waals surface area (Å²) < 4.78 is 0.249. The molecule has 6 nitrogen and oxygen atoms in total. The number of nitrogens with one attached hydrogen (secondary N) is 1. The zero-order chi connectivity index (χ0) is 13.3. The molecule has 0 radical (unpaired) electrons. The standard InChI is InChI=1S/C11H11BrN2O4/c12-7-4-6(5-13-9(7)15)10(16)14-3-1-2-8(14)11(17)18/h4-5,8H,1-3H2,(H,13,15)(H,17,18). The van der Waals surface area contributed by atoms with Crippen LogP contribution in [-0.4, -0.2) is 39.5 Å². The number of aromatic nitrogens is 1. The number of rotatable bonds is 2. The number of pyridine rings is 1. The Morgan fingerprint density at radius 3 is 2.83 bits per heavy atom. The fourth-order valence-corrected chi connectivity index (χ4v) is 2.37. The Kier molecular flexibility index (Phi) is 3.51. The van der Waals surface area contributed by atoms with E-state index in [4.69, 9.17) is 5.11 Å². The molecule has 2 heterocycles. The summed E-state index contributed by atoms with van der Waals surface area (Å²) in [7, 11) is 0. The maximum atomic E-state index is 12.1. The molecule has 0 aromatic carbocycles. The number of amides is 1. The molecule has 1 fully saturated rings. The predicted octanol–water partition coefficient (Wildman–Crippen LogP) is 0.827. The van der Waals surface area contributed by atoms with Crippen LogP contribution in [0.5, 0.6) is 0 Å². The summed E-state index contributed by atoms with van der Waals surface area (Å²) in [4.78, 5) is 38.1. The van der Waals surface area contributed by atoms with Gasteiger partial charge in [-0.1, -0.05) is 0 Å². The summed E-state index contributed by atoms with van der Waals surface area (Å²) in [6.45, 7) is 0.423. The number of aromatic amines is 1. The van der Waals surface area contributed by atoms with E-state index < -0.39 is 12.0 Å². The van der Waals surface area contributed by atoms with Crippen molar-refractivity contribution in [2.75, 3.05) is 6.54 Å². The smallest absolute Gasteiger partial charge is 0.326 e. The number of carboxylic acid groups (broad SMARTS) is 1. The summed E-state index contributed by atoms with van der Waals surface area (Å²) >= 11 is 3.04. The summed E-state index contributed by atoms with van der Waals surface area (Å²) in [6.07, 6.45) is 2.44. The van der Waals surface area contributed by atoms with E-state index in [1.165, 1.54) is 17.2 Å². The molecule has 1 unspecified atom stereocenters. The molecule has 1 aromatic rings. The molecule has 2 rings (SSSR count). The number of aliphatic carboxylic acids is 1. The fraction of sp³-hybridized carbons (Fsp3) is 0.364. The SMILES string of the molecule is O=C(O)C1CCCN1C(=O)c1c[nH]c(=O)c(Br)c1. The summed E-state index contributed by atoms with van der Waals surface area (Å²) in [5.41, 5.74) is -0.0580. The second-order valence-electron chi connectivity index (χ2n) is 4.06. The number of likely N-dealkylation sites (tertiary alicyclic amines) is 1. The number of hydrogen-bond acceptors (Lipinski definition) is 3. The largest absolute Gasteiger partial charge is 0.480 e. The minimum atomic E-state index is -0.996. The molecule has 0 aliphatic carbocycles. The first-order valence-corrected chi connectivity index (χ1v) is 6.22. The van der Waals surface area contributed by atoms with E-state index >= 15 is 0 Å². The van der Waals surface area contributed by atoms with Gasteiger partial charge in [0.25, 0.3) is 11.5 Å². The molecule has 0 bridgehead atoms. The molecule has 1 aliphatic heterocycles. The molecule has 7 heteroatoms. The number of nitrogens with zero attached hydrogens (tertiary/aromatic N) is 1. The number of carboxylic acids is 1. The van der Waals surface area contributed by atoms with Crippen molar-refractivity contribution >= 4 is 27.8 Å². The van der Waals surface area contributed by atoms with E-state index in [1.54, 1.807) is 0 Å². The van der Waals surface area contributed by atoms with Gasteiger partial charge in [0.05, 0.1) is 10.0 Å². The number of carbonyl (C=O) groups excluding carboxylic acids is 1. The average molecular weight is 315 g/mol. The first-order chi connectivity index (χ1) is 8.50. The molecule has 1 aliphatic rings. The molecule has 1 amide bonds. The highest BCUT2D eigenvalue weighted by Crippen LogP contribution is 2.20. The van der Waals surface area contributed by atoms with Crippen LogP contribution in [0.2, 0.25) is 0 Å². The van der Waals surface area contributed by atoms with Crippen molar-refractivity contribution in [2.24, 2.45) is 0 Å². The average Bonchev–Trinajstić information content (AvgIpc) is 2.81. The van der Waals surface area contributed by atoms with Crippen LogP contribution in [0.3, 0.4) is 0 Å². The zero-order valence-electron chi connectivity index (χ0n) is 9.35. The first-order valence-electron chi connectivity index (χ1n) is 5.42. The summed E-state index contributed by atoms with van der Waals surface area (Å²) in [5, 5.41) is 9.02. The van der Waals surface area contributed by atoms with Gasteiger partial charge in [0, 0.05) is 12.7 Å². The van der Waals surface area contributed by atoms with Crippen LogP contribution < -0.4 is 5.56 Å². The van der Waals surface area contributed by atoms with E-state index in [9.17, 15) is 14.4 Å². The molecule has 1 atom stereocenters. The molecule has 2 N–H and O–H groups in total. The van der Waals surface area contributed by atoms with E-state index in [0.717, 1.165) is 0 Å². The maximum absolute atomic E-state index is 12.1. The lowest BCUT2D eigenvalue weighted by Crippen LogP contribution is -2.40. The van der Waals surface area contributed by atoms with Crippen molar-refractivity contribution in [2.45, 2.75) is 18.9 Å². The van der Waals surface area contributed by atoms with Crippen LogP contribution in [0, 0.1) is 0 Å². The Bertz CT molecular complexity index is 554. The van der Waals surface area contributed by atoms with Gasteiger partial charge in [-0.05, 0) is 34.8 Å². The quantitative estimate of drug-likeness (QED) is 0.846. The van der Waals surface area contributed by atoms with Crippen molar-refractivity contribution in [3.05, 3.63) is 32.7 Å². The molecular weight excluding hydrogens is 304 g/mol. The third kappa shape index (κ3) is 2.31. The van der Waals surface area contributed by atoms with Gasteiger partial charge in [-0.3, -0.25) is 9.59 Å². The van der Waals surface area contributed by atoms with Crippen molar-refractivity contribution in [1.82, 2.24) is 9.88 Å². The third-order valence-corrected chi connectivity index (χ3v) is 3.49. The van der Waals surface area contributed by atoms with Gasteiger partial charge in [0.1, 0.15) is 6.04 Å². The molecule has 18 heavy (non-hydrogen) atoms. The topological polar surface area (TPSA) is 90.5 Å². The van der Waals surface area contributed by atoms with Gasteiger partial charge in [-0.2, -0.15) is 0 Å². The number of hydrogen-bond donors (Lipinski definition) is 2. The highest BCUT2D eigenvalue weighted by molar-refractivity contribution is 9.10. The monoisotopic (exact) mass is 314 g/mol. The Labute approximate surface area is 111 Å². The van der Waals surface area contributed by atoms with Crippen molar-refractivity contribution < 1.29 is 14.7 Å². The number of halogens is 1. The van der Waals surface area contributed by atoms with Crippen molar-refractivity contribution in [1.29, 1.82) is 0 Å². The van der Waals surface area contributed by atoms with Crippen molar-refractivity contribution in [3.63, 3.8) is 0 Å². The van der Waals surface area contributed by atoms with E-state index in [-0.39, 0.29) is 21.5 Å². The summed E-state index contributed by atoms with van der Waals surface area (Å²) in [5.74, 6) is -1.37. The minimum absolute atomic E-state index is 0.249. The van der Waals surface area contributed by atoms with Crippen molar-refractivity contribution in [3.8, 4) is 0 Å². The summed E-state index contributed by atoms with van der Waals surface area (Å²) in [6, 6.07) is 0.626. The molecular formula is C11H11BrN2O4. The normalized spacial score (nSPS) is 18.9. The second kappa shape index (κ2) is 4.93. The van der Waals surface area contributed by atoms with Gasteiger partial charge in [-0.25, -0.2) is 4.79 Å². The number of carbonyl (C=O) groups is 2. The van der Waals surface area contributed by atoms with Crippen LogP contribution in [0.1, 0.15) is 23.2 Å². The first kappa shape index (κ1) is 12.8. The number of H-pyrrole nitrogens is 1. The molecule has 0 saturated carbocycles. The Morgan fingerprint density at radius 2 is 2.22 bits per heavy atom. The van der Waals surface area contributed by atoms with Crippen LogP contribution in [-0.2, 0) is 4.79 Å². The Morgan fingerprint density at radius 1 is 1.50 bits per heavy atom. The lowest BCUT2D eigenvalue weighted by molar-refractivity contribution is -0.141. The fourth-order valence-electron chi connectivity index (χ4n) is 2.01. The third-order valence-electron chi connectivity index (χ3n) is 2.90. The van der Waals surface area contributed by atoms with Gasteiger partial charge >= 0.3 is 5.97 Å². The van der Waals surface area contributed by atoms with Gasteiger partial charge in [0.2, 0.25) is 0 Å². The van der Waals surface area contributed by atoms with E-state index in [2.05, 4.69) is 20.9 Å².